The number of thioether (sulfide) groups is 1. The van der Waals surface area contributed by atoms with Crippen LogP contribution in [0.1, 0.15) is 15.9 Å². The second kappa shape index (κ2) is 7.86. The van der Waals surface area contributed by atoms with Gasteiger partial charge in [-0.1, -0.05) is 12.1 Å². The van der Waals surface area contributed by atoms with Crippen LogP contribution in [-0.2, 0) is 4.74 Å². The highest BCUT2D eigenvalue weighted by Gasteiger charge is 2.14. The van der Waals surface area contributed by atoms with Crippen molar-refractivity contribution in [2.75, 3.05) is 26.6 Å². The molecule has 0 spiro atoms. The highest BCUT2D eigenvalue weighted by Crippen LogP contribution is 2.23. The summed E-state index contributed by atoms with van der Waals surface area (Å²) in [7, 11) is 1.62. The molecule has 0 saturated carbocycles. The number of hydrogen-bond donors (Lipinski definition) is 0. The van der Waals surface area contributed by atoms with Crippen molar-refractivity contribution in [1.29, 1.82) is 0 Å². The molecular formula is C17H18O3S. The molecule has 0 aliphatic rings. The molecule has 2 aromatic carbocycles. The van der Waals surface area contributed by atoms with Gasteiger partial charge in [0.2, 0.25) is 0 Å². The number of ketones is 1. The van der Waals surface area contributed by atoms with E-state index in [4.69, 9.17) is 9.47 Å². The van der Waals surface area contributed by atoms with Gasteiger partial charge in [0.05, 0.1) is 12.2 Å². The van der Waals surface area contributed by atoms with E-state index in [2.05, 4.69) is 0 Å². The van der Waals surface area contributed by atoms with Gasteiger partial charge in [0.15, 0.2) is 5.78 Å². The number of para-hydroxylation sites is 1. The van der Waals surface area contributed by atoms with E-state index in [1.165, 1.54) is 0 Å². The third-order valence-corrected chi connectivity index (χ3v) is 3.77. The number of rotatable bonds is 7. The Labute approximate surface area is 129 Å². The van der Waals surface area contributed by atoms with Gasteiger partial charge in [-0.25, -0.2) is 0 Å². The largest absolute Gasteiger partial charge is 0.490 e. The zero-order chi connectivity index (χ0) is 15.1. The van der Waals surface area contributed by atoms with Crippen molar-refractivity contribution in [3.63, 3.8) is 0 Å². The third kappa shape index (κ3) is 4.09. The highest BCUT2D eigenvalue weighted by molar-refractivity contribution is 7.98. The first-order chi connectivity index (χ1) is 10.3. The molecule has 110 valence electrons. The molecule has 0 unspecified atom stereocenters. The Morgan fingerprint density at radius 3 is 2.43 bits per heavy atom. The van der Waals surface area contributed by atoms with Gasteiger partial charge in [-0.05, 0) is 42.7 Å². The fourth-order valence-electron chi connectivity index (χ4n) is 1.91. The van der Waals surface area contributed by atoms with Crippen LogP contribution in [0.4, 0.5) is 0 Å². The van der Waals surface area contributed by atoms with Crippen molar-refractivity contribution in [3.05, 3.63) is 59.7 Å². The standard InChI is InChI=1S/C17H18O3S/c1-19-11-12-20-16-6-4-3-5-15(16)17(18)13-7-9-14(21-2)10-8-13/h3-10H,11-12H2,1-2H3. The van der Waals surface area contributed by atoms with Crippen molar-refractivity contribution in [3.8, 4) is 5.75 Å². The van der Waals surface area contributed by atoms with Gasteiger partial charge in [-0.15, -0.1) is 11.8 Å². The lowest BCUT2D eigenvalue weighted by Crippen LogP contribution is -2.09. The van der Waals surface area contributed by atoms with Crippen LogP contribution in [-0.4, -0.2) is 32.4 Å². The zero-order valence-electron chi connectivity index (χ0n) is 12.2. The molecule has 0 aromatic heterocycles. The van der Waals surface area contributed by atoms with Gasteiger partial charge in [-0.2, -0.15) is 0 Å². The van der Waals surface area contributed by atoms with E-state index < -0.39 is 0 Å². The van der Waals surface area contributed by atoms with Crippen molar-refractivity contribution < 1.29 is 14.3 Å². The fourth-order valence-corrected chi connectivity index (χ4v) is 2.32. The van der Waals surface area contributed by atoms with E-state index in [-0.39, 0.29) is 5.78 Å². The molecule has 0 aliphatic carbocycles. The summed E-state index contributed by atoms with van der Waals surface area (Å²) in [4.78, 5) is 13.7. The van der Waals surface area contributed by atoms with Crippen molar-refractivity contribution in [2.24, 2.45) is 0 Å². The monoisotopic (exact) mass is 302 g/mol. The van der Waals surface area contributed by atoms with Crippen molar-refractivity contribution >= 4 is 17.5 Å². The van der Waals surface area contributed by atoms with Crippen LogP contribution in [0.25, 0.3) is 0 Å². The Kier molecular flexibility index (Phi) is 5.84. The van der Waals surface area contributed by atoms with E-state index in [9.17, 15) is 4.79 Å². The Morgan fingerprint density at radius 2 is 1.76 bits per heavy atom. The van der Waals surface area contributed by atoms with E-state index in [0.29, 0.717) is 30.1 Å². The van der Waals surface area contributed by atoms with Crippen LogP contribution in [0.15, 0.2) is 53.4 Å². The van der Waals surface area contributed by atoms with Gasteiger partial charge in [-0.3, -0.25) is 4.79 Å². The van der Waals surface area contributed by atoms with E-state index in [0.717, 1.165) is 4.90 Å². The maximum absolute atomic E-state index is 12.6. The molecule has 0 amide bonds. The van der Waals surface area contributed by atoms with E-state index >= 15 is 0 Å². The maximum atomic E-state index is 12.6. The number of carbonyl (C=O) groups excluding carboxylic acids is 1. The maximum Gasteiger partial charge on any atom is 0.196 e. The minimum absolute atomic E-state index is 0.0318. The topological polar surface area (TPSA) is 35.5 Å². The summed E-state index contributed by atoms with van der Waals surface area (Å²) < 4.78 is 10.6. The average Bonchev–Trinajstić information content (AvgIpc) is 2.55. The second-order valence-corrected chi connectivity index (χ2v) is 5.27. The van der Waals surface area contributed by atoms with Crippen LogP contribution in [0.3, 0.4) is 0 Å². The highest BCUT2D eigenvalue weighted by atomic mass is 32.2. The molecule has 21 heavy (non-hydrogen) atoms. The summed E-state index contributed by atoms with van der Waals surface area (Å²) in [6, 6.07) is 14.9. The van der Waals surface area contributed by atoms with E-state index in [1.807, 2.05) is 42.7 Å². The van der Waals surface area contributed by atoms with Crippen molar-refractivity contribution in [2.45, 2.75) is 4.90 Å². The third-order valence-electron chi connectivity index (χ3n) is 3.03. The molecule has 2 rings (SSSR count). The van der Waals surface area contributed by atoms with E-state index in [1.54, 1.807) is 31.0 Å². The second-order valence-electron chi connectivity index (χ2n) is 4.40. The summed E-state index contributed by atoms with van der Waals surface area (Å²) >= 11 is 1.65. The minimum Gasteiger partial charge on any atom is -0.490 e. The van der Waals surface area contributed by atoms with Crippen LogP contribution < -0.4 is 4.74 Å². The lowest BCUT2D eigenvalue weighted by molar-refractivity contribution is 0.103. The summed E-state index contributed by atoms with van der Waals surface area (Å²) in [6.45, 7) is 0.914. The number of hydrogen-bond acceptors (Lipinski definition) is 4. The predicted octanol–water partition coefficient (Wildman–Crippen LogP) is 3.66. The first-order valence-corrected chi connectivity index (χ1v) is 7.88. The number of benzene rings is 2. The van der Waals surface area contributed by atoms with Crippen LogP contribution >= 0.6 is 11.8 Å². The Balaban J connectivity index is 2.21. The quantitative estimate of drug-likeness (QED) is 0.444. The summed E-state index contributed by atoms with van der Waals surface area (Å²) in [5.41, 5.74) is 1.24. The van der Waals surface area contributed by atoms with Crippen LogP contribution in [0, 0.1) is 0 Å². The molecule has 2 aromatic rings. The molecule has 3 nitrogen and oxygen atoms in total. The number of methoxy groups -OCH3 is 1. The summed E-state index contributed by atoms with van der Waals surface area (Å²) in [5.74, 6) is 0.559. The molecule has 0 aliphatic heterocycles. The molecule has 0 fully saturated rings. The Hall–Kier alpha value is -1.78. The zero-order valence-corrected chi connectivity index (χ0v) is 13.0. The van der Waals surface area contributed by atoms with Gasteiger partial charge in [0.1, 0.15) is 12.4 Å². The molecule has 0 N–H and O–H groups in total. The molecule has 0 saturated heterocycles. The average molecular weight is 302 g/mol. The Morgan fingerprint density at radius 1 is 1.05 bits per heavy atom. The van der Waals surface area contributed by atoms with Crippen LogP contribution in [0.5, 0.6) is 5.75 Å². The molecule has 0 atom stereocenters. The van der Waals surface area contributed by atoms with Gasteiger partial charge < -0.3 is 9.47 Å². The molecular weight excluding hydrogens is 284 g/mol. The minimum atomic E-state index is -0.0318. The lowest BCUT2D eigenvalue weighted by Gasteiger charge is -2.10. The van der Waals surface area contributed by atoms with Gasteiger partial charge in [0, 0.05) is 17.6 Å². The predicted molar refractivity (Wildman–Crippen MR) is 85.5 cm³/mol. The molecule has 0 heterocycles. The van der Waals surface area contributed by atoms with Gasteiger partial charge in [0.25, 0.3) is 0 Å². The fraction of sp³-hybridized carbons (Fsp3) is 0.235. The normalized spacial score (nSPS) is 10.4. The number of ether oxygens (including phenoxy) is 2. The van der Waals surface area contributed by atoms with Crippen molar-refractivity contribution in [1.82, 2.24) is 0 Å². The number of carbonyl (C=O) groups is 1. The summed E-state index contributed by atoms with van der Waals surface area (Å²) in [6.07, 6.45) is 2.01. The molecule has 4 heteroatoms. The first-order valence-electron chi connectivity index (χ1n) is 6.65. The molecule has 0 radical (unpaired) electrons. The first kappa shape index (κ1) is 15.6. The molecule has 0 bridgehead atoms. The van der Waals surface area contributed by atoms with Crippen LogP contribution in [0.2, 0.25) is 0 Å². The summed E-state index contributed by atoms with van der Waals surface area (Å²) in [5, 5.41) is 0. The smallest absolute Gasteiger partial charge is 0.196 e. The SMILES string of the molecule is COCCOc1ccccc1C(=O)c1ccc(SC)cc1. The lowest BCUT2D eigenvalue weighted by atomic mass is 10.0. The van der Waals surface area contributed by atoms with Gasteiger partial charge >= 0.3 is 0 Å². The Bertz CT molecular complexity index is 593.